The first kappa shape index (κ1) is 15.2. The Bertz CT molecular complexity index is 648. The van der Waals surface area contributed by atoms with Gasteiger partial charge in [0.25, 0.3) is 5.91 Å². The first-order valence-electron chi connectivity index (χ1n) is 6.55. The van der Waals surface area contributed by atoms with Gasteiger partial charge in [-0.3, -0.25) is 4.79 Å². The van der Waals surface area contributed by atoms with E-state index in [1.807, 2.05) is 0 Å². The minimum Gasteiger partial charge on any atom is -0.397 e. The highest BCUT2D eigenvalue weighted by Crippen LogP contribution is 2.23. The highest BCUT2D eigenvalue weighted by atomic mass is 19.4. The van der Waals surface area contributed by atoms with E-state index in [9.17, 15) is 18.0 Å². The summed E-state index contributed by atoms with van der Waals surface area (Å²) in [6, 6.07) is 6.64. The molecular formula is C14H16F3N3O. The zero-order valence-corrected chi connectivity index (χ0v) is 11.5. The molecule has 7 heteroatoms. The van der Waals surface area contributed by atoms with Crippen molar-refractivity contribution in [3.05, 3.63) is 30.0 Å². The normalized spacial score (nSPS) is 11.8. The van der Waals surface area contributed by atoms with E-state index < -0.39 is 18.6 Å². The molecule has 0 radical (unpaired) electrons. The molecule has 114 valence electrons. The Morgan fingerprint density at radius 3 is 2.67 bits per heavy atom. The molecule has 0 atom stereocenters. The molecule has 4 nitrogen and oxygen atoms in total. The average Bonchev–Trinajstić information content (AvgIpc) is 2.81. The lowest BCUT2D eigenvalue weighted by Gasteiger charge is -2.22. The maximum absolute atomic E-state index is 12.5. The molecule has 0 aliphatic rings. The Labute approximate surface area is 119 Å². The van der Waals surface area contributed by atoms with Crippen molar-refractivity contribution in [2.24, 2.45) is 0 Å². The minimum atomic E-state index is -4.42. The number of para-hydroxylation sites is 1. The number of nitrogens with one attached hydrogen (secondary N) is 1. The summed E-state index contributed by atoms with van der Waals surface area (Å²) in [5, 5.41) is 0.696. The number of fused-ring (bicyclic) bond motifs is 1. The average molecular weight is 299 g/mol. The topological polar surface area (TPSA) is 62.1 Å². The zero-order chi connectivity index (χ0) is 15.6. The van der Waals surface area contributed by atoms with Gasteiger partial charge in [-0.15, -0.1) is 0 Å². The summed E-state index contributed by atoms with van der Waals surface area (Å²) in [5.74, 6) is -0.676. The largest absolute Gasteiger partial charge is 0.406 e. The summed E-state index contributed by atoms with van der Waals surface area (Å²) < 4.78 is 37.6. The number of anilines is 1. The molecule has 0 fully saturated rings. The first-order chi connectivity index (χ1) is 9.81. The van der Waals surface area contributed by atoms with Crippen LogP contribution in [-0.4, -0.2) is 35.1 Å². The molecule has 0 saturated heterocycles. The van der Waals surface area contributed by atoms with Gasteiger partial charge in [0.2, 0.25) is 0 Å². The predicted octanol–water partition coefficient (Wildman–Crippen LogP) is 3.16. The molecule has 2 rings (SSSR count). The fourth-order valence-corrected chi connectivity index (χ4v) is 2.20. The SMILES string of the molecule is CCCN(CC(F)(F)F)C(=O)c1cc2cccc(N)c2[nH]1. The number of nitrogens with zero attached hydrogens (tertiary/aromatic N) is 1. The number of halogens is 3. The molecule has 1 amide bonds. The summed E-state index contributed by atoms with van der Waals surface area (Å²) >= 11 is 0. The van der Waals surface area contributed by atoms with E-state index >= 15 is 0 Å². The lowest BCUT2D eigenvalue weighted by Crippen LogP contribution is -2.39. The monoisotopic (exact) mass is 299 g/mol. The standard InChI is InChI=1S/C14H16F3N3O/c1-2-6-20(8-14(15,16)17)13(21)11-7-9-4-3-5-10(18)12(9)19-11/h3-5,7,19H,2,6,8,18H2,1H3. The van der Waals surface area contributed by atoms with Crippen LogP contribution in [0.2, 0.25) is 0 Å². The van der Waals surface area contributed by atoms with Crippen LogP contribution >= 0.6 is 0 Å². The Morgan fingerprint density at radius 1 is 1.38 bits per heavy atom. The number of amides is 1. The van der Waals surface area contributed by atoms with Crippen molar-refractivity contribution in [1.82, 2.24) is 9.88 Å². The number of nitrogen functional groups attached to an aromatic ring is 1. The third-order valence-corrected chi connectivity index (χ3v) is 3.07. The number of benzene rings is 1. The Morgan fingerprint density at radius 2 is 2.10 bits per heavy atom. The van der Waals surface area contributed by atoms with Crippen molar-refractivity contribution in [1.29, 1.82) is 0 Å². The van der Waals surface area contributed by atoms with E-state index in [1.165, 1.54) is 6.07 Å². The summed E-state index contributed by atoms with van der Waals surface area (Å²) in [7, 11) is 0. The quantitative estimate of drug-likeness (QED) is 0.852. The molecular weight excluding hydrogens is 283 g/mol. The number of aromatic nitrogens is 1. The van der Waals surface area contributed by atoms with Gasteiger partial charge in [0, 0.05) is 11.9 Å². The van der Waals surface area contributed by atoms with Gasteiger partial charge in [0.1, 0.15) is 12.2 Å². The Balaban J connectivity index is 2.32. The summed E-state index contributed by atoms with van der Waals surface area (Å²) in [6.45, 7) is 0.508. The molecule has 0 bridgehead atoms. The third-order valence-electron chi connectivity index (χ3n) is 3.07. The second-order valence-corrected chi connectivity index (χ2v) is 4.84. The van der Waals surface area contributed by atoms with Crippen LogP contribution < -0.4 is 5.73 Å². The van der Waals surface area contributed by atoms with Gasteiger partial charge in [-0.1, -0.05) is 19.1 Å². The van der Waals surface area contributed by atoms with E-state index in [1.54, 1.807) is 25.1 Å². The molecule has 3 N–H and O–H groups in total. The van der Waals surface area contributed by atoms with Crippen LogP contribution in [0.3, 0.4) is 0 Å². The lowest BCUT2D eigenvalue weighted by atomic mass is 10.2. The molecule has 1 aromatic heterocycles. The van der Waals surface area contributed by atoms with Crippen molar-refractivity contribution < 1.29 is 18.0 Å². The molecule has 1 heterocycles. The van der Waals surface area contributed by atoms with Crippen LogP contribution in [0, 0.1) is 0 Å². The van der Waals surface area contributed by atoms with Crippen LogP contribution in [0.15, 0.2) is 24.3 Å². The number of carbonyl (C=O) groups excluding carboxylic acids is 1. The van der Waals surface area contributed by atoms with Gasteiger partial charge in [-0.2, -0.15) is 13.2 Å². The van der Waals surface area contributed by atoms with Gasteiger partial charge >= 0.3 is 6.18 Å². The number of hydrogen-bond acceptors (Lipinski definition) is 2. The van der Waals surface area contributed by atoms with E-state index in [0.717, 1.165) is 4.90 Å². The molecule has 0 saturated carbocycles. The van der Waals surface area contributed by atoms with E-state index in [4.69, 9.17) is 5.73 Å². The van der Waals surface area contributed by atoms with Crippen molar-refractivity contribution >= 4 is 22.5 Å². The number of alkyl halides is 3. The van der Waals surface area contributed by atoms with Gasteiger partial charge in [-0.25, -0.2) is 0 Å². The number of carbonyl (C=O) groups is 1. The van der Waals surface area contributed by atoms with E-state index in [2.05, 4.69) is 4.98 Å². The number of rotatable bonds is 4. The van der Waals surface area contributed by atoms with Crippen LogP contribution in [0.4, 0.5) is 18.9 Å². The summed E-state index contributed by atoms with van der Waals surface area (Å²) in [6.07, 6.45) is -3.97. The maximum atomic E-state index is 12.5. The molecule has 0 aliphatic carbocycles. The molecule has 21 heavy (non-hydrogen) atoms. The smallest absolute Gasteiger partial charge is 0.397 e. The molecule has 0 unspecified atom stereocenters. The van der Waals surface area contributed by atoms with Crippen molar-refractivity contribution in [3.8, 4) is 0 Å². The number of H-pyrrole nitrogens is 1. The number of hydrogen-bond donors (Lipinski definition) is 2. The minimum absolute atomic E-state index is 0.0448. The molecule has 2 aromatic rings. The van der Waals surface area contributed by atoms with Gasteiger partial charge in [-0.05, 0) is 18.6 Å². The second kappa shape index (κ2) is 5.67. The van der Waals surface area contributed by atoms with E-state index in [0.29, 0.717) is 23.0 Å². The molecule has 1 aromatic carbocycles. The predicted molar refractivity (Wildman–Crippen MR) is 75.0 cm³/mol. The van der Waals surface area contributed by atoms with Gasteiger partial charge in [0.05, 0.1) is 11.2 Å². The zero-order valence-electron chi connectivity index (χ0n) is 11.5. The first-order valence-corrected chi connectivity index (χ1v) is 6.55. The van der Waals surface area contributed by atoms with Gasteiger partial charge in [0.15, 0.2) is 0 Å². The summed E-state index contributed by atoms with van der Waals surface area (Å²) in [5.41, 5.74) is 6.89. The molecule has 0 spiro atoms. The maximum Gasteiger partial charge on any atom is 0.406 e. The van der Waals surface area contributed by atoms with Crippen molar-refractivity contribution in [2.75, 3.05) is 18.8 Å². The Hall–Kier alpha value is -2.18. The van der Waals surface area contributed by atoms with Crippen LogP contribution in [0.5, 0.6) is 0 Å². The van der Waals surface area contributed by atoms with Crippen LogP contribution in [0.1, 0.15) is 23.8 Å². The van der Waals surface area contributed by atoms with Crippen molar-refractivity contribution in [3.63, 3.8) is 0 Å². The van der Waals surface area contributed by atoms with Gasteiger partial charge < -0.3 is 15.6 Å². The fourth-order valence-electron chi connectivity index (χ4n) is 2.20. The highest BCUT2D eigenvalue weighted by Gasteiger charge is 2.33. The van der Waals surface area contributed by atoms with Crippen molar-refractivity contribution in [2.45, 2.75) is 19.5 Å². The molecule has 0 aliphatic heterocycles. The number of aromatic amines is 1. The fraction of sp³-hybridized carbons (Fsp3) is 0.357. The Kier molecular flexibility index (Phi) is 4.11. The lowest BCUT2D eigenvalue weighted by molar-refractivity contribution is -0.140. The third kappa shape index (κ3) is 3.48. The number of nitrogens with two attached hydrogens (primary N) is 1. The van der Waals surface area contributed by atoms with Crippen LogP contribution in [-0.2, 0) is 0 Å². The second-order valence-electron chi connectivity index (χ2n) is 4.84. The van der Waals surface area contributed by atoms with E-state index in [-0.39, 0.29) is 12.2 Å². The summed E-state index contributed by atoms with van der Waals surface area (Å²) in [4.78, 5) is 15.8. The van der Waals surface area contributed by atoms with Crippen LogP contribution in [0.25, 0.3) is 10.9 Å². The highest BCUT2D eigenvalue weighted by molar-refractivity contribution is 6.00.